The van der Waals surface area contributed by atoms with Crippen LogP contribution >= 0.6 is 0 Å². The van der Waals surface area contributed by atoms with Gasteiger partial charge < -0.3 is 5.11 Å². The van der Waals surface area contributed by atoms with Crippen LogP contribution in [-0.4, -0.2) is 31.9 Å². The fraction of sp³-hybridized carbons (Fsp3) is 1.00. The Morgan fingerprint density at radius 3 is 2.17 bits per heavy atom. The molecule has 0 saturated heterocycles. The smallest absolute Gasteiger partial charge is 0.211 e. The van der Waals surface area contributed by atoms with Crippen LogP contribution in [0.3, 0.4) is 0 Å². The molecule has 0 bridgehead atoms. The van der Waals surface area contributed by atoms with Gasteiger partial charge in [0.25, 0.3) is 0 Å². The van der Waals surface area contributed by atoms with E-state index in [0.29, 0.717) is 0 Å². The Bertz CT molecular complexity index is 211. The number of aliphatic hydroxyl groups is 1. The van der Waals surface area contributed by atoms with Gasteiger partial charge in [-0.2, -0.15) is 0 Å². The van der Waals surface area contributed by atoms with Crippen molar-refractivity contribution in [2.24, 2.45) is 5.92 Å². The fourth-order valence-electron chi connectivity index (χ4n) is 0.698. The highest BCUT2D eigenvalue weighted by molar-refractivity contribution is 7.89. The van der Waals surface area contributed by atoms with Gasteiger partial charge in [0.15, 0.2) is 0 Å². The van der Waals surface area contributed by atoms with Crippen molar-refractivity contribution in [1.29, 1.82) is 0 Å². The topological polar surface area (TPSA) is 66.4 Å². The molecule has 0 aliphatic rings. The van der Waals surface area contributed by atoms with E-state index in [9.17, 15) is 8.42 Å². The van der Waals surface area contributed by atoms with E-state index in [1.807, 2.05) is 13.8 Å². The third kappa shape index (κ3) is 4.04. The Hall–Kier alpha value is -0.130. The Kier molecular flexibility index (Phi) is 4.74. The Labute approximate surface area is 74.0 Å². The largest absolute Gasteiger partial charge is 0.395 e. The van der Waals surface area contributed by atoms with Crippen molar-refractivity contribution in [2.75, 3.05) is 12.4 Å². The lowest BCUT2D eigenvalue weighted by atomic mass is 10.1. The summed E-state index contributed by atoms with van der Waals surface area (Å²) in [7, 11) is -3.19. The van der Waals surface area contributed by atoms with E-state index in [-0.39, 0.29) is 24.3 Å². The van der Waals surface area contributed by atoms with Gasteiger partial charge in [0.1, 0.15) is 0 Å². The van der Waals surface area contributed by atoms with Crippen LogP contribution < -0.4 is 4.72 Å². The van der Waals surface area contributed by atoms with Gasteiger partial charge in [0.2, 0.25) is 10.0 Å². The first kappa shape index (κ1) is 11.9. The predicted molar refractivity (Wildman–Crippen MR) is 48.3 cm³/mol. The quantitative estimate of drug-likeness (QED) is 0.646. The molecule has 74 valence electrons. The molecule has 4 nitrogen and oxygen atoms in total. The average Bonchev–Trinajstić information content (AvgIpc) is 2.00. The highest BCUT2D eigenvalue weighted by Crippen LogP contribution is 2.02. The average molecular weight is 195 g/mol. The van der Waals surface area contributed by atoms with Gasteiger partial charge in [0, 0.05) is 6.04 Å². The molecular formula is C7H17NO3S. The maximum absolute atomic E-state index is 11.1. The second-order valence-corrected chi connectivity index (χ2v) is 5.10. The van der Waals surface area contributed by atoms with Crippen molar-refractivity contribution in [3.63, 3.8) is 0 Å². The van der Waals surface area contributed by atoms with Gasteiger partial charge in [-0.25, -0.2) is 13.1 Å². The lowest BCUT2D eigenvalue weighted by Crippen LogP contribution is -2.41. The SMILES string of the molecule is CCS(=O)(=O)N[C@H](CO)C(C)C. The molecule has 0 aromatic carbocycles. The molecule has 0 rings (SSSR count). The number of sulfonamides is 1. The second-order valence-electron chi connectivity index (χ2n) is 3.05. The van der Waals surface area contributed by atoms with E-state index in [2.05, 4.69) is 4.72 Å². The molecule has 12 heavy (non-hydrogen) atoms. The minimum absolute atomic E-state index is 0.0518. The first-order valence-corrected chi connectivity index (χ1v) is 5.69. The van der Waals surface area contributed by atoms with Crippen LogP contribution in [0.4, 0.5) is 0 Å². The first-order chi connectivity index (χ1) is 5.43. The summed E-state index contributed by atoms with van der Waals surface area (Å²) in [6.07, 6.45) is 0. The molecule has 2 N–H and O–H groups in total. The number of rotatable bonds is 5. The molecule has 0 radical (unpaired) electrons. The van der Waals surface area contributed by atoms with Crippen molar-refractivity contribution >= 4 is 10.0 Å². The number of hydrogen-bond donors (Lipinski definition) is 2. The van der Waals surface area contributed by atoms with Crippen molar-refractivity contribution in [3.05, 3.63) is 0 Å². The highest BCUT2D eigenvalue weighted by atomic mass is 32.2. The van der Waals surface area contributed by atoms with E-state index in [1.165, 1.54) is 0 Å². The molecule has 0 aromatic rings. The van der Waals surface area contributed by atoms with E-state index in [1.54, 1.807) is 6.92 Å². The third-order valence-corrected chi connectivity index (χ3v) is 3.13. The highest BCUT2D eigenvalue weighted by Gasteiger charge is 2.17. The minimum Gasteiger partial charge on any atom is -0.395 e. The lowest BCUT2D eigenvalue weighted by molar-refractivity contribution is 0.228. The molecule has 0 fully saturated rings. The number of nitrogens with one attached hydrogen (secondary N) is 1. The summed E-state index contributed by atoms with van der Waals surface area (Å²) in [6.45, 7) is 5.13. The molecule has 0 spiro atoms. The minimum atomic E-state index is -3.19. The van der Waals surface area contributed by atoms with E-state index < -0.39 is 10.0 Å². The third-order valence-electron chi connectivity index (χ3n) is 1.71. The summed E-state index contributed by atoms with van der Waals surface area (Å²) in [5.41, 5.74) is 0. The van der Waals surface area contributed by atoms with Crippen molar-refractivity contribution in [1.82, 2.24) is 4.72 Å². The molecule has 0 heterocycles. The maximum atomic E-state index is 11.1. The van der Waals surface area contributed by atoms with Crippen LogP contribution in [-0.2, 0) is 10.0 Å². The standard InChI is InChI=1S/C7H17NO3S/c1-4-12(10,11)8-7(5-9)6(2)3/h6-9H,4-5H2,1-3H3/t7-/m1/s1. The molecule has 0 amide bonds. The van der Waals surface area contributed by atoms with Crippen molar-refractivity contribution in [2.45, 2.75) is 26.8 Å². The summed E-state index contributed by atoms with van der Waals surface area (Å²) in [6, 6.07) is -0.366. The lowest BCUT2D eigenvalue weighted by Gasteiger charge is -2.18. The summed E-state index contributed by atoms with van der Waals surface area (Å²) < 4.78 is 24.5. The molecule has 0 saturated carbocycles. The molecule has 0 aromatic heterocycles. The van der Waals surface area contributed by atoms with Gasteiger partial charge in [-0.05, 0) is 12.8 Å². The van der Waals surface area contributed by atoms with Gasteiger partial charge in [-0.3, -0.25) is 0 Å². The molecule has 0 aliphatic carbocycles. The Balaban J connectivity index is 4.22. The first-order valence-electron chi connectivity index (χ1n) is 4.03. The molecule has 1 atom stereocenters. The molecular weight excluding hydrogens is 178 g/mol. The number of aliphatic hydroxyl groups excluding tert-OH is 1. The molecule has 0 unspecified atom stereocenters. The summed E-state index contributed by atoms with van der Waals surface area (Å²) in [5.74, 6) is 0.160. The molecule has 5 heteroatoms. The fourth-order valence-corrected chi connectivity index (χ4v) is 1.67. The summed E-state index contributed by atoms with van der Waals surface area (Å²) in [5, 5.41) is 8.83. The van der Waals surface area contributed by atoms with E-state index in [4.69, 9.17) is 5.11 Å². The van der Waals surface area contributed by atoms with Crippen LogP contribution in [0.25, 0.3) is 0 Å². The van der Waals surface area contributed by atoms with E-state index >= 15 is 0 Å². The van der Waals surface area contributed by atoms with Crippen LogP contribution in [0.2, 0.25) is 0 Å². The maximum Gasteiger partial charge on any atom is 0.211 e. The van der Waals surface area contributed by atoms with Crippen molar-refractivity contribution in [3.8, 4) is 0 Å². The Morgan fingerprint density at radius 2 is 1.92 bits per heavy atom. The number of hydrogen-bond acceptors (Lipinski definition) is 3. The summed E-state index contributed by atoms with van der Waals surface area (Å²) >= 11 is 0. The zero-order valence-corrected chi connectivity index (χ0v) is 8.56. The van der Waals surface area contributed by atoms with Gasteiger partial charge in [-0.15, -0.1) is 0 Å². The van der Waals surface area contributed by atoms with Crippen LogP contribution in [0.5, 0.6) is 0 Å². The predicted octanol–water partition coefficient (Wildman–Crippen LogP) is -0.0574. The Morgan fingerprint density at radius 1 is 1.42 bits per heavy atom. The van der Waals surface area contributed by atoms with Crippen LogP contribution in [0, 0.1) is 5.92 Å². The molecule has 0 aliphatic heterocycles. The van der Waals surface area contributed by atoms with Gasteiger partial charge >= 0.3 is 0 Å². The van der Waals surface area contributed by atoms with E-state index in [0.717, 1.165) is 0 Å². The second kappa shape index (κ2) is 4.79. The van der Waals surface area contributed by atoms with Crippen LogP contribution in [0.15, 0.2) is 0 Å². The van der Waals surface area contributed by atoms with Crippen molar-refractivity contribution < 1.29 is 13.5 Å². The van der Waals surface area contributed by atoms with Gasteiger partial charge in [0.05, 0.1) is 12.4 Å². The monoisotopic (exact) mass is 195 g/mol. The zero-order valence-electron chi connectivity index (χ0n) is 7.74. The van der Waals surface area contributed by atoms with Crippen LogP contribution in [0.1, 0.15) is 20.8 Å². The van der Waals surface area contributed by atoms with Gasteiger partial charge in [-0.1, -0.05) is 13.8 Å². The zero-order chi connectivity index (χ0) is 9.78. The summed E-state index contributed by atoms with van der Waals surface area (Å²) in [4.78, 5) is 0. The normalized spacial score (nSPS) is 15.1.